The second-order valence-electron chi connectivity index (χ2n) is 10.5. The van der Waals surface area contributed by atoms with Crippen LogP contribution in [0, 0.1) is 5.41 Å². The number of Topliss-reactive ketones (excluding diaryl/α,β-unsaturated/α-hetero) is 1. The first-order valence-corrected chi connectivity index (χ1v) is 12.0. The van der Waals surface area contributed by atoms with E-state index in [1.807, 2.05) is 38.1 Å². The molecule has 2 aromatic carbocycles. The number of rotatable bonds is 2. The van der Waals surface area contributed by atoms with E-state index in [0.717, 1.165) is 10.9 Å². The van der Waals surface area contributed by atoms with Gasteiger partial charge in [0.2, 0.25) is 0 Å². The summed E-state index contributed by atoms with van der Waals surface area (Å²) in [4.78, 5) is 41.5. The van der Waals surface area contributed by atoms with E-state index in [1.165, 1.54) is 9.36 Å². The molecule has 10 heteroatoms. The molecule has 0 spiro atoms. The second-order valence-corrected chi connectivity index (χ2v) is 10.5. The van der Waals surface area contributed by atoms with Gasteiger partial charge < -0.3 is 4.74 Å². The average Bonchev–Trinajstić information content (AvgIpc) is 3.50. The van der Waals surface area contributed by atoms with Gasteiger partial charge in [-0.05, 0) is 52.6 Å². The van der Waals surface area contributed by atoms with Gasteiger partial charge in [-0.25, -0.2) is 9.36 Å². The third kappa shape index (κ3) is 2.86. The summed E-state index contributed by atoms with van der Waals surface area (Å²) in [5, 5.41) is 13.8. The van der Waals surface area contributed by atoms with Crippen LogP contribution in [-0.2, 0) is 4.79 Å². The summed E-state index contributed by atoms with van der Waals surface area (Å²) in [6.07, 6.45) is 0.791. The molecule has 1 aliphatic carbocycles. The fraction of sp³-hybridized carbons (Fsp3) is 0.259. The minimum atomic E-state index is -0.844. The van der Waals surface area contributed by atoms with Crippen molar-refractivity contribution in [2.24, 2.45) is 5.41 Å². The lowest BCUT2D eigenvalue weighted by Gasteiger charge is -2.30. The molecule has 0 N–H and O–H groups in total. The molecule has 4 heterocycles. The number of hydrogen-bond acceptors (Lipinski definition) is 7. The first-order chi connectivity index (χ1) is 17.8. The average molecular weight is 495 g/mol. The summed E-state index contributed by atoms with van der Waals surface area (Å²) < 4.78 is 9.80. The predicted molar refractivity (Wildman–Crippen MR) is 137 cm³/mol. The largest absolute Gasteiger partial charge is 0.497 e. The number of pyridine rings is 1. The van der Waals surface area contributed by atoms with Crippen LogP contribution in [0.1, 0.15) is 38.3 Å². The van der Waals surface area contributed by atoms with Crippen LogP contribution in [0.2, 0.25) is 0 Å². The molecule has 0 saturated heterocycles. The summed E-state index contributed by atoms with van der Waals surface area (Å²) in [7, 11) is 1.58. The number of allylic oxidation sites excluding steroid dienone is 2. The summed E-state index contributed by atoms with van der Waals surface area (Å²) in [5.74, 6) is 0.558. The van der Waals surface area contributed by atoms with Gasteiger partial charge in [-0.3, -0.25) is 14.4 Å². The molecule has 184 valence electrons. The highest BCUT2D eigenvalue weighted by molar-refractivity contribution is 6.05. The Morgan fingerprint density at radius 3 is 2.49 bits per heavy atom. The minimum Gasteiger partial charge on any atom is -0.497 e. The van der Waals surface area contributed by atoms with Crippen molar-refractivity contribution in [3.63, 3.8) is 0 Å². The fourth-order valence-electron chi connectivity index (χ4n) is 5.90. The van der Waals surface area contributed by atoms with Gasteiger partial charge in [0.15, 0.2) is 11.4 Å². The van der Waals surface area contributed by atoms with Crippen molar-refractivity contribution in [1.29, 1.82) is 0 Å². The topological polar surface area (TPSA) is 113 Å². The van der Waals surface area contributed by atoms with Gasteiger partial charge in [-0.15, -0.1) is 5.10 Å². The van der Waals surface area contributed by atoms with E-state index < -0.39 is 6.04 Å². The van der Waals surface area contributed by atoms with Crippen LogP contribution in [0.15, 0.2) is 63.7 Å². The zero-order chi connectivity index (χ0) is 25.6. The summed E-state index contributed by atoms with van der Waals surface area (Å²) in [6, 6.07) is 13.4. The van der Waals surface area contributed by atoms with Gasteiger partial charge >= 0.3 is 0 Å². The van der Waals surface area contributed by atoms with Crippen LogP contribution < -0.4 is 15.9 Å². The maximum absolute atomic E-state index is 14.0. The Kier molecular flexibility index (Phi) is 4.23. The van der Waals surface area contributed by atoms with E-state index in [2.05, 4.69) is 15.5 Å². The lowest BCUT2D eigenvalue weighted by atomic mass is 9.74. The molecule has 1 atom stereocenters. The first kappa shape index (κ1) is 21.7. The zero-order valence-electron chi connectivity index (χ0n) is 20.4. The number of carbonyl (C=O) groups is 1. The van der Waals surface area contributed by atoms with Gasteiger partial charge in [0.25, 0.3) is 11.1 Å². The van der Waals surface area contributed by atoms with Gasteiger partial charge in [0, 0.05) is 29.0 Å². The summed E-state index contributed by atoms with van der Waals surface area (Å²) in [5.41, 5.74) is 1.68. The molecule has 5 aromatic rings. The molecule has 0 amide bonds. The van der Waals surface area contributed by atoms with E-state index in [0.29, 0.717) is 51.8 Å². The standard InChI is InChI=1S/C27H22N6O4/c1-27(2)12-20-22(21(34)13-27)23(33-26(36)17-7-5-4-6-16(17)25(35)32(20)33)18-10-14-8-9-15(37-3)11-19(14)31-24(18)28-29-30-31/h4-11,23H,12-13H2,1-3H3. The number of methoxy groups -OCH3 is 1. The van der Waals surface area contributed by atoms with E-state index in [1.54, 1.807) is 35.9 Å². The Morgan fingerprint density at radius 1 is 0.973 bits per heavy atom. The van der Waals surface area contributed by atoms with E-state index in [9.17, 15) is 14.4 Å². The predicted octanol–water partition coefficient (Wildman–Crippen LogP) is 2.97. The number of ether oxygens (including phenoxy) is 1. The van der Waals surface area contributed by atoms with E-state index in [4.69, 9.17) is 4.74 Å². The van der Waals surface area contributed by atoms with Gasteiger partial charge in [0.1, 0.15) is 11.8 Å². The van der Waals surface area contributed by atoms with Crippen LogP contribution in [0.3, 0.4) is 0 Å². The fourth-order valence-corrected chi connectivity index (χ4v) is 5.90. The second kappa shape index (κ2) is 7.22. The molecule has 0 bridgehead atoms. The van der Waals surface area contributed by atoms with Crippen LogP contribution in [0.5, 0.6) is 5.75 Å². The van der Waals surface area contributed by atoms with Crippen molar-refractivity contribution in [2.75, 3.05) is 7.11 Å². The Morgan fingerprint density at radius 2 is 1.73 bits per heavy atom. The SMILES string of the molecule is COc1ccc2cc(C3C4=C(CC(C)(C)CC4=O)n4c(=O)c5ccccc5c(=O)n43)c3nnnn3c2c1. The number of tetrazole rings is 1. The third-order valence-electron chi connectivity index (χ3n) is 7.47. The number of hydrogen-bond donors (Lipinski definition) is 0. The molecule has 1 aliphatic heterocycles. The maximum atomic E-state index is 14.0. The number of nitrogens with zero attached hydrogens (tertiary/aromatic N) is 6. The summed E-state index contributed by atoms with van der Waals surface area (Å²) >= 11 is 0. The molecule has 10 nitrogen and oxygen atoms in total. The molecule has 7 rings (SSSR count). The molecule has 2 aliphatic rings. The van der Waals surface area contributed by atoms with Crippen molar-refractivity contribution >= 4 is 38.8 Å². The number of benzene rings is 2. The lowest BCUT2D eigenvalue weighted by Crippen LogP contribution is -2.37. The molecule has 3 aromatic heterocycles. The molecule has 1 unspecified atom stereocenters. The van der Waals surface area contributed by atoms with E-state index in [-0.39, 0.29) is 22.3 Å². The van der Waals surface area contributed by atoms with Crippen LogP contribution in [0.4, 0.5) is 0 Å². The lowest BCUT2D eigenvalue weighted by molar-refractivity contribution is -0.118. The Labute approximate surface area is 209 Å². The first-order valence-electron chi connectivity index (χ1n) is 12.0. The number of aromatic nitrogens is 6. The molecule has 0 fully saturated rings. The molecule has 0 radical (unpaired) electrons. The minimum absolute atomic E-state index is 0.0873. The highest BCUT2D eigenvalue weighted by Crippen LogP contribution is 2.47. The van der Waals surface area contributed by atoms with Crippen LogP contribution in [-0.4, -0.2) is 42.3 Å². The molecule has 0 saturated carbocycles. The summed E-state index contributed by atoms with van der Waals surface area (Å²) in [6.45, 7) is 4.00. The van der Waals surface area contributed by atoms with Crippen molar-refractivity contribution in [3.05, 3.63) is 80.4 Å². The van der Waals surface area contributed by atoms with Crippen molar-refractivity contribution in [2.45, 2.75) is 32.7 Å². The monoisotopic (exact) mass is 494 g/mol. The number of fused-ring (bicyclic) bond motifs is 6. The Bertz CT molecular complexity index is 1980. The van der Waals surface area contributed by atoms with Gasteiger partial charge in [-0.2, -0.15) is 4.52 Å². The quantitative estimate of drug-likeness (QED) is 0.371. The zero-order valence-corrected chi connectivity index (χ0v) is 20.4. The highest BCUT2D eigenvalue weighted by Gasteiger charge is 2.45. The smallest absolute Gasteiger partial charge is 0.277 e. The van der Waals surface area contributed by atoms with E-state index >= 15 is 0 Å². The van der Waals surface area contributed by atoms with Crippen molar-refractivity contribution in [3.8, 4) is 5.75 Å². The highest BCUT2D eigenvalue weighted by atomic mass is 16.5. The maximum Gasteiger partial charge on any atom is 0.277 e. The normalized spacial score (nSPS) is 18.6. The van der Waals surface area contributed by atoms with Gasteiger partial charge in [-0.1, -0.05) is 26.0 Å². The molecular weight excluding hydrogens is 472 g/mol. The van der Waals surface area contributed by atoms with Crippen molar-refractivity contribution in [1.82, 2.24) is 29.4 Å². The Balaban J connectivity index is 1.63. The Hall–Kier alpha value is -4.60. The molecular formula is C27H22N6O4. The van der Waals surface area contributed by atoms with Crippen molar-refractivity contribution < 1.29 is 9.53 Å². The van der Waals surface area contributed by atoms with Crippen LogP contribution in [0.25, 0.3) is 33.0 Å². The third-order valence-corrected chi connectivity index (χ3v) is 7.47. The van der Waals surface area contributed by atoms with Crippen LogP contribution >= 0.6 is 0 Å². The molecule has 37 heavy (non-hydrogen) atoms. The van der Waals surface area contributed by atoms with Gasteiger partial charge in [0.05, 0.1) is 29.1 Å². The number of carbonyl (C=O) groups excluding carboxylic acids is 1. The number of ketones is 1.